The zero-order chi connectivity index (χ0) is 16.5. The Morgan fingerprint density at radius 2 is 1.79 bits per heavy atom. The van der Waals surface area contributed by atoms with E-state index in [0.29, 0.717) is 18.7 Å². The molecule has 0 aliphatic carbocycles. The molecule has 2 aromatic heterocycles. The van der Waals surface area contributed by atoms with E-state index in [9.17, 15) is 9.90 Å². The van der Waals surface area contributed by atoms with Crippen molar-refractivity contribution in [2.24, 2.45) is 0 Å². The fourth-order valence-electron chi connectivity index (χ4n) is 3.06. The molecule has 120 valence electrons. The second kappa shape index (κ2) is 5.90. The maximum absolute atomic E-state index is 11.2. The normalized spacial score (nSPS) is 12.7. The summed E-state index contributed by atoms with van der Waals surface area (Å²) in [4.78, 5) is 11.2. The number of aliphatic hydroxyl groups excluding tert-OH is 1. The minimum Gasteiger partial charge on any atom is -0.389 e. The topological polar surface area (TPSA) is 72.9 Å². The summed E-state index contributed by atoms with van der Waals surface area (Å²) in [7, 11) is 0. The highest BCUT2D eigenvalue weighted by Crippen LogP contribution is 2.20. The fraction of sp³-hybridized carbons (Fsp3) is 0.167. The van der Waals surface area contributed by atoms with Gasteiger partial charge in [-0.2, -0.15) is 0 Å². The molecule has 4 aromatic rings. The van der Waals surface area contributed by atoms with E-state index < -0.39 is 6.10 Å². The number of aliphatic hydroxyl groups is 1. The van der Waals surface area contributed by atoms with Crippen molar-refractivity contribution in [3.05, 3.63) is 60.3 Å². The molecule has 0 spiro atoms. The molecule has 2 aromatic carbocycles. The van der Waals surface area contributed by atoms with E-state index in [4.69, 9.17) is 0 Å². The first-order valence-electron chi connectivity index (χ1n) is 7.75. The molecule has 0 unspecified atom stereocenters. The molecular weight excluding hydrogens is 304 g/mol. The number of rotatable bonds is 5. The van der Waals surface area contributed by atoms with Crippen LogP contribution in [0.25, 0.3) is 21.9 Å². The number of fused-ring (bicyclic) bond motifs is 2. The van der Waals surface area contributed by atoms with E-state index in [1.165, 1.54) is 0 Å². The Bertz CT molecular complexity index is 1020. The predicted molar refractivity (Wildman–Crippen MR) is 90.9 cm³/mol. The van der Waals surface area contributed by atoms with Crippen molar-refractivity contribution >= 4 is 28.2 Å². The van der Waals surface area contributed by atoms with Crippen LogP contribution in [0.5, 0.6) is 0 Å². The van der Waals surface area contributed by atoms with Gasteiger partial charge in [0, 0.05) is 22.7 Å². The second-order valence-corrected chi connectivity index (χ2v) is 5.79. The number of aromatic nitrogens is 4. The molecule has 6 nitrogen and oxygen atoms in total. The van der Waals surface area contributed by atoms with Crippen LogP contribution in [-0.2, 0) is 13.1 Å². The SMILES string of the molecule is O=Cc1cn(C[C@@H](O)Cn2nnc3ccccc32)c2ccccc12. The van der Waals surface area contributed by atoms with Gasteiger partial charge in [-0.25, -0.2) is 4.68 Å². The monoisotopic (exact) mass is 320 g/mol. The quantitative estimate of drug-likeness (QED) is 0.573. The summed E-state index contributed by atoms with van der Waals surface area (Å²) in [6, 6.07) is 15.3. The third-order valence-electron chi connectivity index (χ3n) is 4.16. The Kier molecular flexibility index (Phi) is 3.59. The molecule has 4 rings (SSSR count). The first kappa shape index (κ1) is 14.6. The van der Waals surface area contributed by atoms with Crippen molar-refractivity contribution in [3.63, 3.8) is 0 Å². The number of benzene rings is 2. The van der Waals surface area contributed by atoms with Crippen molar-refractivity contribution in [2.75, 3.05) is 0 Å². The lowest BCUT2D eigenvalue weighted by Gasteiger charge is -2.13. The minimum absolute atomic E-state index is 0.337. The van der Waals surface area contributed by atoms with Gasteiger partial charge in [0.05, 0.1) is 24.7 Å². The summed E-state index contributed by atoms with van der Waals surface area (Å²) >= 11 is 0. The van der Waals surface area contributed by atoms with Crippen LogP contribution in [0.1, 0.15) is 10.4 Å². The van der Waals surface area contributed by atoms with Crippen molar-refractivity contribution in [2.45, 2.75) is 19.2 Å². The van der Waals surface area contributed by atoms with E-state index >= 15 is 0 Å². The average Bonchev–Trinajstić information content (AvgIpc) is 3.17. The number of nitrogens with zero attached hydrogens (tertiary/aromatic N) is 4. The van der Waals surface area contributed by atoms with Gasteiger partial charge in [-0.15, -0.1) is 5.10 Å². The molecule has 0 saturated heterocycles. The Labute approximate surface area is 137 Å². The van der Waals surface area contributed by atoms with Gasteiger partial charge in [0.1, 0.15) is 5.52 Å². The molecule has 24 heavy (non-hydrogen) atoms. The largest absolute Gasteiger partial charge is 0.389 e. The van der Waals surface area contributed by atoms with Crippen LogP contribution in [-0.4, -0.2) is 37.1 Å². The Morgan fingerprint density at radius 1 is 1.04 bits per heavy atom. The maximum atomic E-state index is 11.2. The summed E-state index contributed by atoms with van der Waals surface area (Å²) in [5.41, 5.74) is 3.26. The summed E-state index contributed by atoms with van der Waals surface area (Å²) < 4.78 is 3.61. The predicted octanol–water partition coefficient (Wildman–Crippen LogP) is 2.26. The van der Waals surface area contributed by atoms with Crippen LogP contribution in [0.3, 0.4) is 0 Å². The molecule has 0 bridgehead atoms. The van der Waals surface area contributed by atoms with Crippen LogP contribution in [0.4, 0.5) is 0 Å². The Balaban J connectivity index is 1.60. The molecular formula is C18H16N4O2. The average molecular weight is 320 g/mol. The molecule has 0 saturated carbocycles. The molecule has 0 amide bonds. The lowest BCUT2D eigenvalue weighted by Crippen LogP contribution is -2.22. The van der Waals surface area contributed by atoms with Gasteiger partial charge in [-0.1, -0.05) is 35.5 Å². The number of hydrogen-bond acceptors (Lipinski definition) is 4. The smallest absolute Gasteiger partial charge is 0.152 e. The molecule has 0 radical (unpaired) electrons. The van der Waals surface area contributed by atoms with Gasteiger partial charge in [0.2, 0.25) is 0 Å². The third-order valence-corrected chi connectivity index (χ3v) is 4.16. The molecule has 0 aliphatic rings. The van der Waals surface area contributed by atoms with Crippen LogP contribution in [0.2, 0.25) is 0 Å². The molecule has 1 atom stereocenters. The minimum atomic E-state index is -0.648. The van der Waals surface area contributed by atoms with E-state index in [2.05, 4.69) is 10.3 Å². The molecule has 1 N–H and O–H groups in total. The second-order valence-electron chi connectivity index (χ2n) is 5.79. The molecule has 6 heteroatoms. The van der Waals surface area contributed by atoms with Crippen molar-refractivity contribution in [3.8, 4) is 0 Å². The van der Waals surface area contributed by atoms with Gasteiger partial charge in [-0.3, -0.25) is 4.79 Å². The van der Waals surface area contributed by atoms with Crippen LogP contribution >= 0.6 is 0 Å². The lowest BCUT2D eigenvalue weighted by molar-refractivity contribution is 0.112. The van der Waals surface area contributed by atoms with Gasteiger partial charge in [-0.05, 0) is 18.2 Å². The highest BCUT2D eigenvalue weighted by atomic mass is 16.3. The van der Waals surface area contributed by atoms with E-state index in [0.717, 1.165) is 28.2 Å². The van der Waals surface area contributed by atoms with Crippen molar-refractivity contribution < 1.29 is 9.90 Å². The van der Waals surface area contributed by atoms with Crippen LogP contribution in [0, 0.1) is 0 Å². The van der Waals surface area contributed by atoms with Gasteiger partial charge < -0.3 is 9.67 Å². The molecule has 0 fully saturated rings. The van der Waals surface area contributed by atoms with Crippen LogP contribution in [0.15, 0.2) is 54.7 Å². The Morgan fingerprint density at radius 3 is 2.62 bits per heavy atom. The summed E-state index contributed by atoms with van der Waals surface area (Å²) in [5.74, 6) is 0. The first-order valence-corrected chi connectivity index (χ1v) is 7.75. The zero-order valence-electron chi connectivity index (χ0n) is 12.9. The van der Waals surface area contributed by atoms with Crippen molar-refractivity contribution in [1.29, 1.82) is 0 Å². The van der Waals surface area contributed by atoms with Crippen molar-refractivity contribution in [1.82, 2.24) is 19.6 Å². The fourth-order valence-corrected chi connectivity index (χ4v) is 3.06. The van der Waals surface area contributed by atoms with E-state index in [1.54, 1.807) is 10.9 Å². The number of hydrogen-bond donors (Lipinski definition) is 1. The number of para-hydroxylation sites is 2. The zero-order valence-corrected chi connectivity index (χ0v) is 12.9. The number of aldehydes is 1. The maximum Gasteiger partial charge on any atom is 0.152 e. The van der Waals surface area contributed by atoms with E-state index in [-0.39, 0.29) is 0 Å². The third kappa shape index (κ3) is 2.47. The highest BCUT2D eigenvalue weighted by molar-refractivity contribution is 5.97. The van der Waals surface area contributed by atoms with Gasteiger partial charge in [0.15, 0.2) is 6.29 Å². The number of carbonyl (C=O) groups is 1. The summed E-state index contributed by atoms with van der Waals surface area (Å²) in [5, 5.41) is 19.6. The first-order chi connectivity index (χ1) is 11.8. The van der Waals surface area contributed by atoms with Crippen LogP contribution < -0.4 is 0 Å². The molecule has 2 heterocycles. The van der Waals surface area contributed by atoms with Gasteiger partial charge >= 0.3 is 0 Å². The Hall–Kier alpha value is -2.99. The lowest BCUT2D eigenvalue weighted by atomic mass is 10.2. The van der Waals surface area contributed by atoms with Gasteiger partial charge in [0.25, 0.3) is 0 Å². The van der Waals surface area contributed by atoms with E-state index in [1.807, 2.05) is 53.1 Å². The summed E-state index contributed by atoms with van der Waals surface area (Å²) in [6.45, 7) is 0.714. The summed E-state index contributed by atoms with van der Waals surface area (Å²) in [6.07, 6.45) is 1.97. The molecule has 0 aliphatic heterocycles. The number of carbonyl (C=O) groups excluding carboxylic acids is 1. The standard InChI is InChI=1S/C18H16N4O2/c23-12-13-9-21(17-7-3-1-5-15(13)17)10-14(24)11-22-18-8-4-2-6-16(18)19-20-22/h1-9,12,14,24H,10-11H2/t14-/m1/s1. The highest BCUT2D eigenvalue weighted by Gasteiger charge is 2.13.